The number of carbonyl (C=O) groups excluding carboxylic acids is 1. The van der Waals surface area contributed by atoms with Crippen LogP contribution in [-0.4, -0.2) is 12.6 Å². The number of rotatable bonds is 4. The topological polar surface area (TPSA) is 64.3 Å². The summed E-state index contributed by atoms with van der Waals surface area (Å²) < 4.78 is 18.4. The average Bonchev–Trinajstić information content (AvgIpc) is 2.57. The molecule has 0 aromatic heterocycles. The number of hydrogen-bond acceptors (Lipinski definition) is 3. The van der Waals surface area contributed by atoms with Gasteiger partial charge in [0.15, 0.2) is 0 Å². The zero-order valence-corrected chi connectivity index (χ0v) is 13.4. The first kappa shape index (κ1) is 17.4. The van der Waals surface area contributed by atoms with Crippen molar-refractivity contribution < 1.29 is 13.9 Å². The van der Waals surface area contributed by atoms with Crippen LogP contribution in [0, 0.1) is 24.6 Å². The minimum atomic E-state index is -0.494. The van der Waals surface area contributed by atoms with E-state index < -0.39 is 11.9 Å². The Morgan fingerprint density at radius 1 is 1.29 bits per heavy atom. The molecule has 0 aliphatic carbocycles. The number of nitrogens with one attached hydrogen (secondary N) is 1. The van der Waals surface area contributed by atoms with Gasteiger partial charge < -0.3 is 15.8 Å². The molecule has 0 aliphatic heterocycles. The molecule has 0 atom stereocenters. The van der Waals surface area contributed by atoms with Gasteiger partial charge in [-0.25, -0.2) is 9.18 Å². The van der Waals surface area contributed by atoms with Crippen LogP contribution in [0.1, 0.15) is 23.1 Å². The second kappa shape index (κ2) is 8.59. The fraction of sp³-hybridized carbons (Fsp3) is 0.211. The van der Waals surface area contributed by atoms with E-state index in [1.165, 1.54) is 12.1 Å². The van der Waals surface area contributed by atoms with Crippen molar-refractivity contribution >= 4 is 11.8 Å². The molecule has 5 heteroatoms. The molecule has 0 radical (unpaired) electrons. The van der Waals surface area contributed by atoms with Crippen LogP contribution in [0.3, 0.4) is 0 Å². The molecule has 124 valence electrons. The maximum Gasteiger partial charge on any atom is 0.407 e. The second-order valence-corrected chi connectivity index (χ2v) is 5.21. The highest BCUT2D eigenvalue weighted by atomic mass is 19.1. The molecule has 2 aromatic carbocycles. The summed E-state index contributed by atoms with van der Waals surface area (Å²) in [4.78, 5) is 11.5. The number of hydrogen-bond donors (Lipinski definition) is 2. The molecule has 3 N–H and O–H groups in total. The number of benzene rings is 2. The fourth-order valence-electron chi connectivity index (χ4n) is 1.99. The average molecular weight is 326 g/mol. The number of amides is 1. The Morgan fingerprint density at radius 3 is 2.79 bits per heavy atom. The van der Waals surface area contributed by atoms with E-state index in [0.717, 1.165) is 11.1 Å². The van der Waals surface area contributed by atoms with Crippen LogP contribution < -0.4 is 11.1 Å². The Bertz CT molecular complexity index is 764. The highest BCUT2D eigenvalue weighted by Gasteiger charge is 2.03. The van der Waals surface area contributed by atoms with Gasteiger partial charge in [0, 0.05) is 24.2 Å². The second-order valence-electron chi connectivity index (χ2n) is 5.21. The maximum atomic E-state index is 13.3. The maximum absolute atomic E-state index is 13.3. The van der Waals surface area contributed by atoms with Gasteiger partial charge in [-0.2, -0.15) is 0 Å². The zero-order valence-electron chi connectivity index (χ0n) is 13.4. The van der Waals surface area contributed by atoms with E-state index in [1.807, 2.05) is 30.3 Å². The first-order valence-corrected chi connectivity index (χ1v) is 7.55. The summed E-state index contributed by atoms with van der Waals surface area (Å²) >= 11 is 0. The van der Waals surface area contributed by atoms with Crippen molar-refractivity contribution in [1.29, 1.82) is 0 Å². The molecule has 0 aliphatic rings. The third kappa shape index (κ3) is 5.33. The lowest BCUT2D eigenvalue weighted by molar-refractivity contribution is 0.140. The first-order chi connectivity index (χ1) is 11.6. The summed E-state index contributed by atoms with van der Waals surface area (Å²) in [6, 6.07) is 12.0. The van der Waals surface area contributed by atoms with E-state index in [0.29, 0.717) is 24.2 Å². The standard InChI is InChI=1S/C19H19FN2O2/c1-14-16(11-17(20)12-18(14)21)9-5-6-10-22-19(23)24-13-15-7-3-2-4-8-15/h2-4,7-8,11-12H,6,10,13,21H2,1H3,(H,22,23). The van der Waals surface area contributed by atoms with E-state index in [2.05, 4.69) is 17.2 Å². The molecule has 4 nitrogen and oxygen atoms in total. The normalized spacial score (nSPS) is 9.75. The summed E-state index contributed by atoms with van der Waals surface area (Å²) in [5, 5.41) is 2.61. The van der Waals surface area contributed by atoms with Crippen molar-refractivity contribution in [3.8, 4) is 11.8 Å². The minimum absolute atomic E-state index is 0.222. The molecular weight excluding hydrogens is 307 g/mol. The van der Waals surface area contributed by atoms with Crippen molar-refractivity contribution in [2.24, 2.45) is 0 Å². The van der Waals surface area contributed by atoms with E-state index in [9.17, 15) is 9.18 Å². The molecule has 0 saturated carbocycles. The molecule has 2 rings (SSSR count). The van der Waals surface area contributed by atoms with Crippen molar-refractivity contribution in [1.82, 2.24) is 5.32 Å². The minimum Gasteiger partial charge on any atom is -0.445 e. The number of anilines is 1. The summed E-state index contributed by atoms with van der Waals surface area (Å²) in [6.07, 6.45) is -0.0668. The van der Waals surface area contributed by atoms with Crippen LogP contribution in [0.2, 0.25) is 0 Å². The smallest absolute Gasteiger partial charge is 0.407 e. The van der Waals surface area contributed by atoms with Gasteiger partial charge in [-0.05, 0) is 30.2 Å². The Kier molecular flexibility index (Phi) is 6.21. The van der Waals surface area contributed by atoms with Gasteiger partial charge in [0.1, 0.15) is 12.4 Å². The van der Waals surface area contributed by atoms with Crippen LogP contribution in [0.4, 0.5) is 14.9 Å². The quantitative estimate of drug-likeness (QED) is 0.514. The first-order valence-electron chi connectivity index (χ1n) is 7.55. The summed E-state index contributed by atoms with van der Waals surface area (Å²) in [5.41, 5.74) is 8.30. The molecular formula is C19H19FN2O2. The number of carbonyl (C=O) groups is 1. The van der Waals surface area contributed by atoms with Gasteiger partial charge >= 0.3 is 6.09 Å². The predicted molar refractivity (Wildman–Crippen MR) is 91.7 cm³/mol. The molecule has 1 amide bonds. The number of nitrogens with two attached hydrogens (primary N) is 1. The SMILES string of the molecule is Cc1c(N)cc(F)cc1C#CCCNC(=O)OCc1ccccc1. The summed E-state index contributed by atoms with van der Waals surface area (Å²) in [5.74, 6) is 5.34. The molecule has 0 bridgehead atoms. The highest BCUT2D eigenvalue weighted by molar-refractivity contribution is 5.67. The Labute approximate surface area is 140 Å². The lowest BCUT2D eigenvalue weighted by Gasteiger charge is -2.05. The van der Waals surface area contributed by atoms with E-state index in [-0.39, 0.29) is 6.61 Å². The molecule has 0 spiro atoms. The number of ether oxygens (including phenoxy) is 1. The summed E-state index contributed by atoms with van der Waals surface area (Å²) in [6.45, 7) is 2.36. The van der Waals surface area contributed by atoms with Crippen molar-refractivity contribution in [3.05, 3.63) is 65.0 Å². The molecule has 0 heterocycles. The molecule has 2 aromatic rings. The van der Waals surface area contributed by atoms with Gasteiger partial charge in [-0.3, -0.25) is 0 Å². The predicted octanol–water partition coefficient (Wildman–Crippen LogP) is 3.38. The van der Waals surface area contributed by atoms with Gasteiger partial charge in [-0.15, -0.1) is 0 Å². The molecule has 0 saturated heterocycles. The highest BCUT2D eigenvalue weighted by Crippen LogP contribution is 2.17. The van der Waals surface area contributed by atoms with E-state index >= 15 is 0 Å². The van der Waals surface area contributed by atoms with Crippen molar-refractivity contribution in [3.63, 3.8) is 0 Å². The lowest BCUT2D eigenvalue weighted by atomic mass is 10.1. The largest absolute Gasteiger partial charge is 0.445 e. The van der Waals surface area contributed by atoms with Gasteiger partial charge in [0.25, 0.3) is 0 Å². The van der Waals surface area contributed by atoms with Crippen LogP contribution in [0.15, 0.2) is 42.5 Å². The molecule has 0 fully saturated rings. The number of alkyl carbamates (subject to hydrolysis) is 1. The summed E-state index contributed by atoms with van der Waals surface area (Å²) in [7, 11) is 0. The molecule has 0 unspecified atom stereocenters. The van der Waals surface area contributed by atoms with Gasteiger partial charge in [-0.1, -0.05) is 42.2 Å². The van der Waals surface area contributed by atoms with Crippen LogP contribution in [0.25, 0.3) is 0 Å². The van der Waals surface area contributed by atoms with Gasteiger partial charge in [0.05, 0.1) is 0 Å². The zero-order chi connectivity index (χ0) is 17.4. The monoisotopic (exact) mass is 326 g/mol. The van der Waals surface area contributed by atoms with Crippen molar-refractivity contribution in [2.75, 3.05) is 12.3 Å². The van der Waals surface area contributed by atoms with E-state index in [1.54, 1.807) is 6.92 Å². The fourth-order valence-corrected chi connectivity index (χ4v) is 1.99. The third-order valence-electron chi connectivity index (χ3n) is 3.37. The van der Waals surface area contributed by atoms with Crippen LogP contribution in [0.5, 0.6) is 0 Å². The van der Waals surface area contributed by atoms with Crippen LogP contribution in [-0.2, 0) is 11.3 Å². The van der Waals surface area contributed by atoms with Gasteiger partial charge in [0.2, 0.25) is 0 Å². The lowest BCUT2D eigenvalue weighted by Crippen LogP contribution is -2.24. The van der Waals surface area contributed by atoms with Crippen LogP contribution >= 0.6 is 0 Å². The Morgan fingerprint density at radius 2 is 2.04 bits per heavy atom. The number of nitrogen functional groups attached to an aromatic ring is 1. The van der Waals surface area contributed by atoms with E-state index in [4.69, 9.17) is 10.5 Å². The molecule has 24 heavy (non-hydrogen) atoms. The van der Waals surface area contributed by atoms with Crippen molar-refractivity contribution in [2.45, 2.75) is 20.0 Å². The third-order valence-corrected chi connectivity index (χ3v) is 3.37. The Balaban J connectivity index is 1.74. The number of halogens is 1. The Hall–Kier alpha value is -3.00.